The maximum Gasteiger partial charge on any atom is 0.407 e. The zero-order chi connectivity index (χ0) is 25.1. The molecule has 0 bridgehead atoms. The molecular formula is C26H28N4O5. The Kier molecular flexibility index (Phi) is 6.86. The van der Waals surface area contributed by atoms with Crippen molar-refractivity contribution in [2.45, 2.75) is 32.2 Å². The zero-order valence-electron chi connectivity index (χ0n) is 19.8. The van der Waals surface area contributed by atoms with Gasteiger partial charge in [-0.15, -0.1) is 0 Å². The van der Waals surface area contributed by atoms with Gasteiger partial charge in [0.15, 0.2) is 5.82 Å². The number of hydrogen-bond acceptors (Lipinski definition) is 5. The molecule has 2 aromatic carbocycles. The van der Waals surface area contributed by atoms with Gasteiger partial charge in [0.05, 0.1) is 0 Å². The summed E-state index contributed by atoms with van der Waals surface area (Å²) in [7, 11) is 1.47. The third-order valence-corrected chi connectivity index (χ3v) is 6.01. The Morgan fingerprint density at radius 2 is 1.66 bits per heavy atom. The third kappa shape index (κ3) is 5.18. The number of aryl methyl sites for hydroxylation is 1. The molecule has 9 nitrogen and oxygen atoms in total. The fourth-order valence-corrected chi connectivity index (χ4v) is 4.43. The fourth-order valence-electron chi connectivity index (χ4n) is 4.43. The van der Waals surface area contributed by atoms with Crippen LogP contribution in [0.4, 0.5) is 10.6 Å². The van der Waals surface area contributed by atoms with Crippen molar-refractivity contribution in [3.63, 3.8) is 0 Å². The Morgan fingerprint density at radius 1 is 1.06 bits per heavy atom. The van der Waals surface area contributed by atoms with Crippen LogP contribution < -0.4 is 10.6 Å². The van der Waals surface area contributed by atoms with Crippen LogP contribution in [0, 0.1) is 5.92 Å². The number of aromatic carboxylic acids is 1. The van der Waals surface area contributed by atoms with Gasteiger partial charge in [-0.05, 0) is 34.6 Å². The van der Waals surface area contributed by atoms with E-state index in [1.54, 1.807) is 0 Å². The van der Waals surface area contributed by atoms with Gasteiger partial charge in [-0.3, -0.25) is 9.48 Å². The predicted octanol–water partition coefficient (Wildman–Crippen LogP) is 4.01. The molecule has 9 heteroatoms. The van der Waals surface area contributed by atoms with Crippen molar-refractivity contribution >= 4 is 23.8 Å². The molecule has 1 aromatic heterocycles. The second-order valence-corrected chi connectivity index (χ2v) is 8.98. The molecule has 35 heavy (non-hydrogen) atoms. The van der Waals surface area contributed by atoms with E-state index in [1.165, 1.54) is 13.1 Å². The maximum absolute atomic E-state index is 12.9. The van der Waals surface area contributed by atoms with Crippen LogP contribution in [0.5, 0.6) is 0 Å². The molecule has 1 heterocycles. The number of nitrogens with zero attached hydrogens (tertiary/aromatic N) is 2. The molecule has 3 aromatic rings. The number of ether oxygens (including phenoxy) is 1. The predicted molar refractivity (Wildman–Crippen MR) is 130 cm³/mol. The largest absolute Gasteiger partial charge is 0.477 e. The summed E-state index contributed by atoms with van der Waals surface area (Å²) in [4.78, 5) is 36.8. The molecular weight excluding hydrogens is 448 g/mol. The summed E-state index contributed by atoms with van der Waals surface area (Å²) in [6.07, 6.45) is -0.325. The summed E-state index contributed by atoms with van der Waals surface area (Å²) < 4.78 is 6.74. The summed E-state index contributed by atoms with van der Waals surface area (Å²) in [6.45, 7) is 4.00. The molecule has 4 rings (SSSR count). The molecule has 2 amide bonds. The minimum atomic E-state index is -1.16. The number of benzene rings is 2. The third-order valence-electron chi connectivity index (χ3n) is 6.01. The van der Waals surface area contributed by atoms with E-state index in [2.05, 4.69) is 27.9 Å². The molecule has 0 unspecified atom stereocenters. The van der Waals surface area contributed by atoms with Gasteiger partial charge >= 0.3 is 12.1 Å². The van der Waals surface area contributed by atoms with E-state index in [1.807, 2.05) is 50.2 Å². The van der Waals surface area contributed by atoms with Crippen LogP contribution in [0.1, 0.15) is 47.8 Å². The Labute approximate surface area is 203 Å². The maximum atomic E-state index is 12.9. The lowest BCUT2D eigenvalue weighted by Crippen LogP contribution is -2.45. The molecule has 0 aliphatic heterocycles. The van der Waals surface area contributed by atoms with Crippen molar-refractivity contribution in [1.82, 2.24) is 15.1 Å². The highest BCUT2D eigenvalue weighted by atomic mass is 16.5. The van der Waals surface area contributed by atoms with E-state index < -0.39 is 24.0 Å². The first-order chi connectivity index (χ1) is 16.7. The van der Waals surface area contributed by atoms with Gasteiger partial charge in [0.25, 0.3) is 0 Å². The van der Waals surface area contributed by atoms with Crippen molar-refractivity contribution in [3.05, 3.63) is 71.4 Å². The van der Waals surface area contributed by atoms with Crippen molar-refractivity contribution in [1.29, 1.82) is 0 Å². The van der Waals surface area contributed by atoms with Crippen molar-refractivity contribution in [3.8, 4) is 11.1 Å². The molecule has 1 atom stereocenters. The van der Waals surface area contributed by atoms with Crippen LogP contribution in [-0.2, 0) is 16.6 Å². The number of carbonyl (C=O) groups excluding carboxylic acids is 2. The van der Waals surface area contributed by atoms with Crippen molar-refractivity contribution in [2.24, 2.45) is 13.0 Å². The van der Waals surface area contributed by atoms with Gasteiger partial charge in [0.2, 0.25) is 5.91 Å². The Balaban J connectivity index is 1.42. The number of nitrogens with one attached hydrogen (secondary N) is 2. The number of anilines is 1. The number of alkyl carbamates (subject to hydrolysis) is 1. The number of fused-ring (bicyclic) bond motifs is 3. The summed E-state index contributed by atoms with van der Waals surface area (Å²) in [6, 6.07) is 16.5. The van der Waals surface area contributed by atoms with Gasteiger partial charge in [-0.25, -0.2) is 9.59 Å². The number of aromatic nitrogens is 2. The lowest BCUT2D eigenvalue weighted by molar-refractivity contribution is -0.118. The SMILES string of the molecule is CC(C)C[C@@H](NC(=O)OCC1c2ccccc2-c2ccccc21)C(=O)Nc1cc(C(=O)O)n(C)n1. The monoisotopic (exact) mass is 476 g/mol. The standard InChI is InChI=1S/C26H28N4O5/c1-15(2)12-21(24(31)28-23-13-22(25(32)33)30(3)29-23)27-26(34)35-14-20-18-10-6-4-8-16(18)17-9-5-7-11-19(17)20/h4-11,13,15,20-21H,12,14H2,1-3H3,(H,27,34)(H,32,33)(H,28,29,31)/t21-/m1/s1. The first-order valence-corrected chi connectivity index (χ1v) is 11.4. The van der Waals surface area contributed by atoms with Crippen molar-refractivity contribution in [2.75, 3.05) is 11.9 Å². The normalized spacial score (nSPS) is 13.1. The molecule has 3 N–H and O–H groups in total. The molecule has 0 fully saturated rings. The minimum absolute atomic E-state index is 0.0646. The highest BCUT2D eigenvalue weighted by Gasteiger charge is 2.30. The highest BCUT2D eigenvalue weighted by molar-refractivity contribution is 5.97. The summed E-state index contributed by atoms with van der Waals surface area (Å²) in [5.41, 5.74) is 4.39. The summed E-state index contributed by atoms with van der Waals surface area (Å²) in [5.74, 6) is -1.54. The van der Waals surface area contributed by atoms with Gasteiger partial charge < -0.3 is 20.5 Å². The van der Waals surface area contributed by atoms with Crippen LogP contribution >= 0.6 is 0 Å². The smallest absolute Gasteiger partial charge is 0.407 e. The fraction of sp³-hybridized carbons (Fsp3) is 0.308. The van der Waals surface area contributed by atoms with Crippen molar-refractivity contribution < 1.29 is 24.2 Å². The Morgan fingerprint density at radius 3 is 2.20 bits per heavy atom. The average Bonchev–Trinajstić information content (AvgIpc) is 3.34. The number of carbonyl (C=O) groups is 3. The lowest BCUT2D eigenvalue weighted by atomic mass is 9.98. The molecule has 0 spiro atoms. The van der Waals surface area contributed by atoms with Crippen LogP contribution in [0.15, 0.2) is 54.6 Å². The number of rotatable bonds is 8. The van der Waals surface area contributed by atoms with E-state index in [9.17, 15) is 19.5 Å². The van der Waals surface area contributed by atoms with Crippen LogP contribution in [-0.4, -0.2) is 45.5 Å². The molecule has 0 radical (unpaired) electrons. The Hall–Kier alpha value is -4.14. The van der Waals surface area contributed by atoms with Crippen LogP contribution in [0.25, 0.3) is 11.1 Å². The van der Waals surface area contributed by atoms with Gasteiger partial charge in [0.1, 0.15) is 18.3 Å². The quantitative estimate of drug-likeness (QED) is 0.452. The first-order valence-electron chi connectivity index (χ1n) is 11.4. The lowest BCUT2D eigenvalue weighted by Gasteiger charge is -2.20. The topological polar surface area (TPSA) is 123 Å². The van der Waals surface area contributed by atoms with Gasteiger partial charge in [0, 0.05) is 19.0 Å². The van der Waals surface area contributed by atoms with Gasteiger partial charge in [-0.1, -0.05) is 62.4 Å². The van der Waals surface area contributed by atoms with E-state index >= 15 is 0 Å². The first kappa shape index (κ1) is 24.0. The number of carboxylic acids is 1. The summed E-state index contributed by atoms with van der Waals surface area (Å²) >= 11 is 0. The zero-order valence-corrected chi connectivity index (χ0v) is 19.8. The average molecular weight is 477 g/mol. The molecule has 0 saturated carbocycles. The second kappa shape index (κ2) is 10.0. The highest BCUT2D eigenvalue weighted by Crippen LogP contribution is 2.44. The molecule has 1 aliphatic rings. The van der Waals surface area contributed by atoms with E-state index in [0.717, 1.165) is 26.9 Å². The van der Waals surface area contributed by atoms with E-state index in [-0.39, 0.29) is 30.0 Å². The number of amides is 2. The second-order valence-electron chi connectivity index (χ2n) is 8.98. The molecule has 182 valence electrons. The van der Waals surface area contributed by atoms with E-state index in [0.29, 0.717) is 6.42 Å². The number of carboxylic acid groups (broad SMARTS) is 1. The number of hydrogen-bond donors (Lipinski definition) is 3. The Bertz CT molecular complexity index is 1220. The van der Waals surface area contributed by atoms with Crippen LogP contribution in [0.2, 0.25) is 0 Å². The van der Waals surface area contributed by atoms with E-state index in [4.69, 9.17) is 4.74 Å². The molecule has 0 saturated heterocycles. The minimum Gasteiger partial charge on any atom is -0.477 e. The summed E-state index contributed by atoms with van der Waals surface area (Å²) in [5, 5.41) is 18.4. The molecule has 1 aliphatic carbocycles. The van der Waals surface area contributed by atoms with Gasteiger partial charge in [-0.2, -0.15) is 5.10 Å². The van der Waals surface area contributed by atoms with Crippen LogP contribution in [0.3, 0.4) is 0 Å².